The SMILES string of the molecule is CCc1ccccc1NC(=O)/C(C#N)=C/c1ccc(OCc2ccc(C)cc2)cc1. The molecule has 0 radical (unpaired) electrons. The summed E-state index contributed by atoms with van der Waals surface area (Å²) in [5, 5.41) is 12.3. The number of carbonyl (C=O) groups is 1. The fourth-order valence-electron chi connectivity index (χ4n) is 2.97. The maximum absolute atomic E-state index is 12.5. The van der Waals surface area contributed by atoms with Gasteiger partial charge < -0.3 is 10.1 Å². The number of nitrogens with one attached hydrogen (secondary N) is 1. The minimum absolute atomic E-state index is 0.0502. The average Bonchev–Trinajstić information content (AvgIpc) is 2.78. The molecule has 0 unspecified atom stereocenters. The summed E-state index contributed by atoms with van der Waals surface area (Å²) in [7, 11) is 0. The molecule has 0 bridgehead atoms. The van der Waals surface area contributed by atoms with Crippen LogP contribution >= 0.6 is 0 Å². The Bertz CT molecular complexity index is 1080. The van der Waals surface area contributed by atoms with Crippen molar-refractivity contribution in [3.63, 3.8) is 0 Å². The van der Waals surface area contributed by atoms with Crippen molar-refractivity contribution < 1.29 is 9.53 Å². The number of rotatable bonds is 7. The molecule has 30 heavy (non-hydrogen) atoms. The molecule has 3 rings (SSSR count). The topological polar surface area (TPSA) is 62.1 Å². The zero-order valence-corrected chi connectivity index (χ0v) is 17.2. The molecule has 0 fully saturated rings. The van der Waals surface area contributed by atoms with E-state index in [1.807, 2.05) is 73.7 Å². The molecule has 0 aromatic heterocycles. The number of nitrogens with zero attached hydrogens (tertiary/aromatic N) is 1. The van der Waals surface area contributed by atoms with Crippen LogP contribution in [0.5, 0.6) is 5.75 Å². The molecule has 150 valence electrons. The van der Waals surface area contributed by atoms with Gasteiger partial charge in [-0.25, -0.2) is 0 Å². The molecular formula is C26H24N2O2. The molecule has 4 nitrogen and oxygen atoms in total. The molecular weight excluding hydrogens is 372 g/mol. The number of ether oxygens (including phenoxy) is 1. The first-order chi connectivity index (χ1) is 14.6. The third kappa shape index (κ3) is 5.59. The van der Waals surface area contributed by atoms with E-state index in [9.17, 15) is 10.1 Å². The van der Waals surface area contributed by atoms with Crippen LogP contribution in [0.4, 0.5) is 5.69 Å². The number of hydrogen-bond acceptors (Lipinski definition) is 3. The highest BCUT2D eigenvalue weighted by molar-refractivity contribution is 6.09. The predicted molar refractivity (Wildman–Crippen MR) is 120 cm³/mol. The molecule has 0 saturated heterocycles. The molecule has 0 aliphatic heterocycles. The molecule has 0 aliphatic rings. The summed E-state index contributed by atoms with van der Waals surface area (Å²) in [5.41, 5.74) is 4.87. The second kappa shape index (κ2) is 10.1. The Hall–Kier alpha value is -3.84. The summed E-state index contributed by atoms with van der Waals surface area (Å²) in [5.74, 6) is 0.311. The molecule has 0 aliphatic carbocycles. The van der Waals surface area contributed by atoms with Crippen LogP contribution in [0.1, 0.15) is 29.2 Å². The lowest BCUT2D eigenvalue weighted by Gasteiger charge is -2.09. The first-order valence-corrected chi connectivity index (χ1v) is 9.88. The monoisotopic (exact) mass is 396 g/mol. The number of carbonyl (C=O) groups excluding carboxylic acids is 1. The highest BCUT2D eigenvalue weighted by Gasteiger charge is 2.11. The maximum Gasteiger partial charge on any atom is 0.266 e. The molecule has 1 N–H and O–H groups in total. The van der Waals surface area contributed by atoms with Gasteiger partial charge in [0.2, 0.25) is 0 Å². The van der Waals surface area contributed by atoms with Crippen LogP contribution in [0.15, 0.2) is 78.4 Å². The first-order valence-electron chi connectivity index (χ1n) is 9.88. The lowest BCUT2D eigenvalue weighted by atomic mass is 10.1. The second-order valence-electron chi connectivity index (χ2n) is 6.98. The maximum atomic E-state index is 12.5. The van der Waals surface area contributed by atoms with Crippen LogP contribution < -0.4 is 10.1 Å². The van der Waals surface area contributed by atoms with Gasteiger partial charge >= 0.3 is 0 Å². The van der Waals surface area contributed by atoms with E-state index in [4.69, 9.17) is 4.74 Å². The van der Waals surface area contributed by atoms with Crippen LogP contribution in [0.3, 0.4) is 0 Å². The largest absolute Gasteiger partial charge is 0.489 e. The van der Waals surface area contributed by atoms with Crippen molar-refractivity contribution in [3.05, 3.63) is 101 Å². The van der Waals surface area contributed by atoms with E-state index in [-0.39, 0.29) is 5.57 Å². The van der Waals surface area contributed by atoms with Gasteiger partial charge in [-0.1, -0.05) is 67.1 Å². The van der Waals surface area contributed by atoms with Crippen molar-refractivity contribution in [1.29, 1.82) is 5.26 Å². The molecule has 0 heterocycles. The summed E-state index contributed by atoms with van der Waals surface area (Å²) in [6.07, 6.45) is 2.37. The van der Waals surface area contributed by atoms with E-state index < -0.39 is 5.91 Å². The number of hydrogen-bond donors (Lipinski definition) is 1. The zero-order chi connectivity index (χ0) is 21.3. The lowest BCUT2D eigenvalue weighted by Crippen LogP contribution is -2.14. The molecule has 0 atom stereocenters. The van der Waals surface area contributed by atoms with E-state index in [1.54, 1.807) is 6.08 Å². The Labute approximate surface area is 177 Å². The molecule has 1 amide bonds. The summed E-state index contributed by atoms with van der Waals surface area (Å²) in [6, 6.07) is 25.1. The molecule has 4 heteroatoms. The standard InChI is InChI=1S/C26H24N2O2/c1-3-22-6-4-5-7-25(22)28-26(29)23(17-27)16-20-12-14-24(15-13-20)30-18-21-10-8-19(2)9-11-21/h4-16H,3,18H2,1-2H3,(H,28,29)/b23-16+. The van der Waals surface area contributed by atoms with Crippen LogP contribution in [-0.4, -0.2) is 5.91 Å². The van der Waals surface area contributed by atoms with Crippen molar-refractivity contribution in [2.45, 2.75) is 26.9 Å². The first kappa shape index (κ1) is 20.9. The van der Waals surface area contributed by atoms with Gasteiger partial charge in [0.25, 0.3) is 5.91 Å². The fraction of sp³-hybridized carbons (Fsp3) is 0.154. The lowest BCUT2D eigenvalue weighted by molar-refractivity contribution is -0.112. The summed E-state index contributed by atoms with van der Waals surface area (Å²) >= 11 is 0. The highest BCUT2D eigenvalue weighted by atomic mass is 16.5. The third-order valence-corrected chi connectivity index (χ3v) is 4.73. The van der Waals surface area contributed by atoms with E-state index in [2.05, 4.69) is 24.4 Å². The van der Waals surface area contributed by atoms with Crippen molar-refractivity contribution in [1.82, 2.24) is 0 Å². The number of benzene rings is 3. The van der Waals surface area contributed by atoms with Gasteiger partial charge in [-0.3, -0.25) is 4.79 Å². The van der Waals surface area contributed by atoms with Crippen LogP contribution in [0, 0.1) is 18.3 Å². The fourth-order valence-corrected chi connectivity index (χ4v) is 2.97. The Morgan fingerprint density at radius 3 is 2.40 bits per heavy atom. The predicted octanol–water partition coefficient (Wildman–Crippen LogP) is 5.68. The van der Waals surface area contributed by atoms with Gasteiger partial charge in [-0.15, -0.1) is 0 Å². The van der Waals surface area contributed by atoms with Crippen LogP contribution in [0.25, 0.3) is 6.08 Å². The van der Waals surface area contributed by atoms with E-state index >= 15 is 0 Å². The minimum Gasteiger partial charge on any atom is -0.489 e. The Kier molecular flexibility index (Phi) is 7.02. The van der Waals surface area contributed by atoms with Crippen LogP contribution in [0.2, 0.25) is 0 Å². The smallest absolute Gasteiger partial charge is 0.266 e. The van der Waals surface area contributed by atoms with Gasteiger partial charge in [0.15, 0.2) is 0 Å². The van der Waals surface area contributed by atoms with Crippen molar-refractivity contribution in [3.8, 4) is 11.8 Å². The number of aryl methyl sites for hydroxylation is 2. The number of nitriles is 1. The quantitative estimate of drug-likeness (QED) is 0.413. The molecule has 3 aromatic carbocycles. The number of anilines is 1. The van der Waals surface area contributed by atoms with E-state index in [1.165, 1.54) is 5.56 Å². The Morgan fingerprint density at radius 1 is 1.03 bits per heavy atom. The van der Waals surface area contributed by atoms with Crippen molar-refractivity contribution >= 4 is 17.7 Å². The Morgan fingerprint density at radius 2 is 1.73 bits per heavy atom. The number of amides is 1. The normalized spacial score (nSPS) is 10.9. The van der Waals surface area contributed by atoms with Gasteiger partial charge in [0.1, 0.15) is 24.0 Å². The molecule has 0 saturated carbocycles. The third-order valence-electron chi connectivity index (χ3n) is 4.73. The summed E-state index contributed by atoms with van der Waals surface area (Å²) in [4.78, 5) is 12.5. The van der Waals surface area contributed by atoms with Crippen molar-refractivity contribution in [2.24, 2.45) is 0 Å². The summed E-state index contributed by atoms with van der Waals surface area (Å²) < 4.78 is 5.81. The van der Waals surface area contributed by atoms with E-state index in [0.717, 1.165) is 34.5 Å². The second-order valence-corrected chi connectivity index (χ2v) is 6.98. The van der Waals surface area contributed by atoms with Crippen LogP contribution in [-0.2, 0) is 17.8 Å². The summed E-state index contributed by atoms with van der Waals surface area (Å²) in [6.45, 7) is 4.56. The zero-order valence-electron chi connectivity index (χ0n) is 17.2. The van der Waals surface area contributed by atoms with Gasteiger partial charge in [-0.2, -0.15) is 5.26 Å². The van der Waals surface area contributed by atoms with E-state index in [0.29, 0.717) is 6.61 Å². The van der Waals surface area contributed by atoms with Gasteiger partial charge in [-0.05, 0) is 54.3 Å². The minimum atomic E-state index is -0.418. The highest BCUT2D eigenvalue weighted by Crippen LogP contribution is 2.19. The Balaban J connectivity index is 1.66. The van der Waals surface area contributed by atoms with Gasteiger partial charge in [0, 0.05) is 5.69 Å². The van der Waals surface area contributed by atoms with Gasteiger partial charge in [0.05, 0.1) is 0 Å². The molecule has 3 aromatic rings. The average molecular weight is 396 g/mol. The molecule has 0 spiro atoms. The van der Waals surface area contributed by atoms with Crippen molar-refractivity contribution in [2.75, 3.05) is 5.32 Å². The number of para-hydroxylation sites is 1.